The molecule has 1 unspecified atom stereocenters. The van der Waals surface area contributed by atoms with E-state index < -0.39 is 10.0 Å². The van der Waals surface area contributed by atoms with E-state index in [0.717, 1.165) is 28.1 Å². The van der Waals surface area contributed by atoms with Gasteiger partial charge in [-0.1, -0.05) is 29.8 Å². The Morgan fingerprint density at radius 2 is 1.89 bits per heavy atom. The number of nitrogens with zero attached hydrogens (tertiary/aromatic N) is 4. The van der Waals surface area contributed by atoms with Crippen molar-refractivity contribution in [1.82, 2.24) is 18.8 Å². The van der Waals surface area contributed by atoms with E-state index in [0.29, 0.717) is 40.3 Å². The molecule has 3 heterocycles. The van der Waals surface area contributed by atoms with Crippen LogP contribution in [0.4, 0.5) is 0 Å². The third kappa shape index (κ3) is 4.68. The molecule has 0 spiro atoms. The van der Waals surface area contributed by atoms with E-state index in [-0.39, 0.29) is 16.4 Å². The van der Waals surface area contributed by atoms with Gasteiger partial charge in [-0.2, -0.15) is 0 Å². The second kappa shape index (κ2) is 9.76. The Morgan fingerprint density at radius 3 is 2.56 bits per heavy atom. The summed E-state index contributed by atoms with van der Waals surface area (Å²) in [4.78, 5) is 23.7. The SMILES string of the molecule is Cc1ccc(S(=O)(=O)n2cc(-c3ccc(C(=O)N(C)CC4CCOC4)cc3)c3nc(Br)cnc32)cc1. The highest BCUT2D eigenvalue weighted by Crippen LogP contribution is 2.32. The molecule has 2 aromatic heterocycles. The zero-order valence-electron chi connectivity index (χ0n) is 19.9. The van der Waals surface area contributed by atoms with Gasteiger partial charge in [0.15, 0.2) is 5.65 Å². The predicted octanol–water partition coefficient (Wildman–Crippen LogP) is 4.51. The maximum absolute atomic E-state index is 13.5. The highest BCUT2D eigenvalue weighted by Gasteiger charge is 2.25. The zero-order valence-corrected chi connectivity index (χ0v) is 22.3. The van der Waals surface area contributed by atoms with Crippen LogP contribution < -0.4 is 0 Å². The first kappa shape index (κ1) is 24.6. The molecule has 4 aromatic rings. The minimum atomic E-state index is -3.90. The topological polar surface area (TPSA) is 94.4 Å². The lowest BCUT2D eigenvalue weighted by Crippen LogP contribution is -2.32. The minimum Gasteiger partial charge on any atom is -0.381 e. The van der Waals surface area contributed by atoms with Crippen molar-refractivity contribution in [3.63, 3.8) is 0 Å². The van der Waals surface area contributed by atoms with E-state index in [1.165, 1.54) is 12.4 Å². The van der Waals surface area contributed by atoms with Gasteiger partial charge < -0.3 is 9.64 Å². The molecular formula is C26H25BrN4O4S. The molecule has 1 amide bonds. The van der Waals surface area contributed by atoms with Crippen molar-refractivity contribution < 1.29 is 17.9 Å². The number of carbonyl (C=O) groups is 1. The van der Waals surface area contributed by atoms with E-state index in [1.54, 1.807) is 60.5 Å². The number of fused-ring (bicyclic) bond motifs is 1. The number of amides is 1. The normalized spacial score (nSPS) is 15.9. The molecule has 1 aliphatic heterocycles. The number of hydrogen-bond donors (Lipinski definition) is 0. The van der Waals surface area contributed by atoms with Crippen LogP contribution in [0.1, 0.15) is 22.3 Å². The molecule has 0 saturated carbocycles. The molecule has 5 rings (SSSR count). The van der Waals surface area contributed by atoms with Crippen LogP contribution in [0.5, 0.6) is 0 Å². The van der Waals surface area contributed by atoms with Crippen molar-refractivity contribution in [3.05, 3.63) is 76.7 Å². The van der Waals surface area contributed by atoms with Crippen molar-refractivity contribution >= 4 is 43.0 Å². The Kier molecular flexibility index (Phi) is 6.67. The summed E-state index contributed by atoms with van der Waals surface area (Å²) in [6, 6.07) is 13.8. The van der Waals surface area contributed by atoms with Gasteiger partial charge in [-0.25, -0.2) is 22.4 Å². The second-order valence-electron chi connectivity index (χ2n) is 9.01. The average Bonchev–Trinajstić information content (AvgIpc) is 3.52. The van der Waals surface area contributed by atoms with E-state index in [4.69, 9.17) is 4.74 Å². The van der Waals surface area contributed by atoms with Crippen LogP contribution >= 0.6 is 15.9 Å². The summed E-state index contributed by atoms with van der Waals surface area (Å²) in [5.41, 5.74) is 3.53. The summed E-state index contributed by atoms with van der Waals surface area (Å²) < 4.78 is 34.0. The number of aryl methyl sites for hydroxylation is 1. The Bertz CT molecular complexity index is 1530. The van der Waals surface area contributed by atoms with Crippen LogP contribution in [-0.4, -0.2) is 60.0 Å². The first-order valence-electron chi connectivity index (χ1n) is 11.5. The lowest BCUT2D eigenvalue weighted by molar-refractivity contribution is 0.0766. The van der Waals surface area contributed by atoms with E-state index in [2.05, 4.69) is 25.9 Å². The molecule has 186 valence electrons. The third-order valence-corrected chi connectivity index (χ3v) is 8.40. The van der Waals surface area contributed by atoms with Crippen molar-refractivity contribution in [3.8, 4) is 11.1 Å². The Hall–Kier alpha value is -3.08. The van der Waals surface area contributed by atoms with Crippen LogP contribution in [0.2, 0.25) is 0 Å². The number of aromatic nitrogens is 3. The Morgan fingerprint density at radius 1 is 1.17 bits per heavy atom. The fourth-order valence-electron chi connectivity index (χ4n) is 4.37. The van der Waals surface area contributed by atoms with Crippen molar-refractivity contribution in [1.29, 1.82) is 0 Å². The van der Waals surface area contributed by atoms with Gasteiger partial charge in [0.25, 0.3) is 15.9 Å². The number of benzene rings is 2. The highest BCUT2D eigenvalue weighted by molar-refractivity contribution is 9.10. The Labute approximate surface area is 218 Å². The molecule has 1 aliphatic rings. The molecule has 2 aromatic carbocycles. The van der Waals surface area contributed by atoms with Crippen LogP contribution in [0, 0.1) is 12.8 Å². The number of rotatable bonds is 6. The molecule has 36 heavy (non-hydrogen) atoms. The lowest BCUT2D eigenvalue weighted by Gasteiger charge is -2.20. The molecule has 1 saturated heterocycles. The number of halogens is 1. The first-order valence-corrected chi connectivity index (χ1v) is 13.8. The van der Waals surface area contributed by atoms with Gasteiger partial charge >= 0.3 is 0 Å². The molecule has 8 nitrogen and oxygen atoms in total. The lowest BCUT2D eigenvalue weighted by atomic mass is 10.0. The number of hydrogen-bond acceptors (Lipinski definition) is 6. The fourth-order valence-corrected chi connectivity index (χ4v) is 5.96. The minimum absolute atomic E-state index is 0.0691. The van der Waals surface area contributed by atoms with Gasteiger partial charge in [0, 0.05) is 43.4 Å². The molecule has 1 atom stereocenters. The monoisotopic (exact) mass is 568 g/mol. The van der Waals surface area contributed by atoms with Gasteiger partial charge in [0.2, 0.25) is 0 Å². The molecule has 0 N–H and O–H groups in total. The molecule has 0 aliphatic carbocycles. The van der Waals surface area contributed by atoms with E-state index >= 15 is 0 Å². The van der Waals surface area contributed by atoms with Crippen molar-refractivity contribution in [2.75, 3.05) is 26.8 Å². The van der Waals surface area contributed by atoms with E-state index in [1.807, 2.05) is 6.92 Å². The van der Waals surface area contributed by atoms with Crippen molar-refractivity contribution in [2.24, 2.45) is 5.92 Å². The summed E-state index contributed by atoms with van der Waals surface area (Å²) in [5, 5.41) is 0. The Balaban J connectivity index is 1.50. The highest BCUT2D eigenvalue weighted by atomic mass is 79.9. The molecule has 10 heteroatoms. The fraction of sp³-hybridized carbons (Fsp3) is 0.269. The summed E-state index contributed by atoms with van der Waals surface area (Å²) >= 11 is 3.34. The quantitative estimate of drug-likeness (QED) is 0.339. The molecule has 1 fully saturated rings. The average molecular weight is 569 g/mol. The summed E-state index contributed by atoms with van der Waals surface area (Å²) in [6.07, 6.45) is 3.97. The molecule has 0 radical (unpaired) electrons. The number of ether oxygens (including phenoxy) is 1. The smallest absolute Gasteiger partial charge is 0.269 e. The molecule has 0 bridgehead atoms. The van der Waals surface area contributed by atoms with Crippen LogP contribution in [-0.2, 0) is 14.8 Å². The van der Waals surface area contributed by atoms with Crippen molar-refractivity contribution in [2.45, 2.75) is 18.2 Å². The maximum Gasteiger partial charge on any atom is 0.269 e. The van der Waals surface area contributed by atoms with Crippen LogP contribution in [0.15, 0.2) is 70.4 Å². The summed E-state index contributed by atoms with van der Waals surface area (Å²) in [7, 11) is -2.10. The zero-order chi connectivity index (χ0) is 25.4. The standard InChI is InChI=1S/C26H25BrN4O4S/c1-17-3-9-21(10-4-17)36(33,34)31-15-22(24-25(31)28-13-23(27)29-24)19-5-7-20(8-6-19)26(32)30(2)14-18-11-12-35-16-18/h3-10,13,15,18H,11-12,14,16H2,1-2H3. The predicted molar refractivity (Wildman–Crippen MR) is 140 cm³/mol. The van der Waals surface area contributed by atoms with Gasteiger partial charge in [0.05, 0.1) is 17.7 Å². The first-order chi connectivity index (χ1) is 17.2. The van der Waals surface area contributed by atoms with Gasteiger partial charge in [0.1, 0.15) is 10.1 Å². The largest absolute Gasteiger partial charge is 0.381 e. The summed E-state index contributed by atoms with van der Waals surface area (Å²) in [5.74, 6) is 0.289. The van der Waals surface area contributed by atoms with E-state index in [9.17, 15) is 13.2 Å². The van der Waals surface area contributed by atoms with Crippen LogP contribution in [0.3, 0.4) is 0 Å². The molecular weight excluding hydrogens is 544 g/mol. The summed E-state index contributed by atoms with van der Waals surface area (Å²) in [6.45, 7) is 3.97. The van der Waals surface area contributed by atoms with Gasteiger partial charge in [-0.15, -0.1) is 0 Å². The second-order valence-corrected chi connectivity index (χ2v) is 11.6. The van der Waals surface area contributed by atoms with Gasteiger partial charge in [-0.05, 0) is 59.1 Å². The third-order valence-electron chi connectivity index (χ3n) is 6.36. The van der Waals surface area contributed by atoms with Crippen LogP contribution in [0.25, 0.3) is 22.3 Å². The maximum atomic E-state index is 13.5. The van der Waals surface area contributed by atoms with Gasteiger partial charge in [-0.3, -0.25) is 4.79 Å². The number of carbonyl (C=O) groups excluding carboxylic acids is 1.